The Hall–Kier alpha value is -2.43. The predicted octanol–water partition coefficient (Wildman–Crippen LogP) is 3.44. The molecule has 0 radical (unpaired) electrons. The summed E-state index contributed by atoms with van der Waals surface area (Å²) in [7, 11) is 0. The summed E-state index contributed by atoms with van der Waals surface area (Å²) >= 11 is 0. The number of hydrogen-bond acceptors (Lipinski definition) is 3. The minimum absolute atomic E-state index is 0.380. The number of nitrogens with one attached hydrogen (secondary N) is 3. The first-order chi connectivity index (χ1) is 11.9. The zero-order chi connectivity index (χ0) is 16.2. The van der Waals surface area contributed by atoms with E-state index < -0.39 is 0 Å². The zero-order valence-corrected chi connectivity index (χ0v) is 13.6. The molecule has 2 unspecified atom stereocenters. The van der Waals surface area contributed by atoms with Crippen molar-refractivity contribution in [2.45, 2.75) is 31.3 Å². The van der Waals surface area contributed by atoms with E-state index in [1.54, 1.807) is 0 Å². The Balaban J connectivity index is 1.30. The van der Waals surface area contributed by atoms with E-state index in [1.807, 2.05) is 18.2 Å². The third-order valence-electron chi connectivity index (χ3n) is 4.50. The van der Waals surface area contributed by atoms with Crippen molar-refractivity contribution in [3.8, 4) is 0 Å². The van der Waals surface area contributed by atoms with Crippen LogP contribution in [0.3, 0.4) is 0 Å². The maximum Gasteiger partial charge on any atom is 0.107 e. The number of aromatic nitrogens is 2. The SMILES string of the molecule is C(=C\C1CC(CCc2nc3ccccc3[nH]2)NN1)/c1ccccc1. The van der Waals surface area contributed by atoms with Gasteiger partial charge in [-0.25, -0.2) is 4.98 Å². The van der Waals surface area contributed by atoms with Crippen molar-refractivity contribution in [3.05, 3.63) is 72.1 Å². The van der Waals surface area contributed by atoms with Crippen LogP contribution in [0.2, 0.25) is 0 Å². The van der Waals surface area contributed by atoms with Crippen LogP contribution in [0, 0.1) is 0 Å². The van der Waals surface area contributed by atoms with Crippen molar-refractivity contribution in [3.63, 3.8) is 0 Å². The van der Waals surface area contributed by atoms with Crippen LogP contribution < -0.4 is 10.9 Å². The summed E-state index contributed by atoms with van der Waals surface area (Å²) in [5, 5.41) is 0. The van der Waals surface area contributed by atoms with Crippen LogP contribution in [0.4, 0.5) is 0 Å². The van der Waals surface area contributed by atoms with Gasteiger partial charge in [0.2, 0.25) is 0 Å². The van der Waals surface area contributed by atoms with Gasteiger partial charge in [-0.15, -0.1) is 0 Å². The quantitative estimate of drug-likeness (QED) is 0.675. The molecule has 2 aromatic carbocycles. The lowest BCUT2D eigenvalue weighted by molar-refractivity contribution is 0.515. The Bertz CT molecular complexity index is 789. The minimum atomic E-state index is 0.380. The van der Waals surface area contributed by atoms with Crippen LogP contribution >= 0.6 is 0 Å². The third kappa shape index (κ3) is 3.55. The van der Waals surface area contributed by atoms with Crippen LogP contribution in [0.25, 0.3) is 17.1 Å². The Morgan fingerprint density at radius 2 is 1.83 bits per heavy atom. The van der Waals surface area contributed by atoms with Gasteiger partial charge in [-0.1, -0.05) is 54.6 Å². The van der Waals surface area contributed by atoms with Gasteiger partial charge in [0.15, 0.2) is 0 Å². The van der Waals surface area contributed by atoms with E-state index in [-0.39, 0.29) is 0 Å². The fourth-order valence-corrected chi connectivity index (χ4v) is 3.19. The lowest BCUT2D eigenvalue weighted by Gasteiger charge is -2.06. The number of aryl methyl sites for hydroxylation is 1. The average molecular weight is 318 g/mol. The molecule has 1 aliphatic rings. The van der Waals surface area contributed by atoms with Crippen molar-refractivity contribution in [1.82, 2.24) is 20.8 Å². The second-order valence-corrected chi connectivity index (χ2v) is 6.34. The van der Waals surface area contributed by atoms with Gasteiger partial charge in [0.1, 0.15) is 5.82 Å². The van der Waals surface area contributed by atoms with Gasteiger partial charge in [-0.05, 0) is 30.5 Å². The molecule has 1 saturated heterocycles. The molecule has 0 saturated carbocycles. The monoisotopic (exact) mass is 318 g/mol. The first-order valence-corrected chi connectivity index (χ1v) is 8.55. The Morgan fingerprint density at radius 3 is 2.71 bits per heavy atom. The van der Waals surface area contributed by atoms with Crippen molar-refractivity contribution in [2.75, 3.05) is 0 Å². The topological polar surface area (TPSA) is 52.7 Å². The summed E-state index contributed by atoms with van der Waals surface area (Å²) in [5.74, 6) is 1.07. The van der Waals surface area contributed by atoms with Gasteiger partial charge < -0.3 is 4.98 Å². The van der Waals surface area contributed by atoms with Gasteiger partial charge in [-0.2, -0.15) is 0 Å². The number of fused-ring (bicyclic) bond motifs is 1. The van der Waals surface area contributed by atoms with Gasteiger partial charge >= 0.3 is 0 Å². The number of aromatic amines is 1. The Morgan fingerprint density at radius 1 is 1.00 bits per heavy atom. The highest BCUT2D eigenvalue weighted by atomic mass is 15.4. The van der Waals surface area contributed by atoms with Crippen LogP contribution in [0.15, 0.2) is 60.7 Å². The maximum atomic E-state index is 4.65. The lowest BCUT2D eigenvalue weighted by atomic mass is 10.0. The van der Waals surface area contributed by atoms with Gasteiger partial charge in [0, 0.05) is 18.5 Å². The summed E-state index contributed by atoms with van der Waals surface area (Å²) in [6, 6.07) is 19.5. The number of H-pyrrole nitrogens is 1. The summed E-state index contributed by atoms with van der Waals surface area (Å²) < 4.78 is 0. The van der Waals surface area contributed by atoms with Crippen LogP contribution in [-0.4, -0.2) is 22.1 Å². The minimum Gasteiger partial charge on any atom is -0.342 e. The molecule has 1 aromatic heterocycles. The number of para-hydroxylation sites is 2. The van der Waals surface area contributed by atoms with Crippen molar-refractivity contribution >= 4 is 17.1 Å². The summed E-state index contributed by atoms with van der Waals surface area (Å²) in [5.41, 5.74) is 10.2. The number of hydrogen-bond donors (Lipinski definition) is 3. The fraction of sp³-hybridized carbons (Fsp3) is 0.250. The van der Waals surface area contributed by atoms with E-state index in [1.165, 1.54) is 5.56 Å². The summed E-state index contributed by atoms with van der Waals surface area (Å²) in [6.07, 6.45) is 7.56. The Kier molecular flexibility index (Phi) is 4.40. The molecule has 0 aliphatic carbocycles. The first-order valence-electron chi connectivity index (χ1n) is 8.55. The highest BCUT2D eigenvalue weighted by Crippen LogP contribution is 2.16. The molecule has 4 heteroatoms. The molecule has 0 spiro atoms. The molecule has 3 N–H and O–H groups in total. The number of imidazole rings is 1. The molecule has 122 valence electrons. The largest absolute Gasteiger partial charge is 0.342 e. The number of rotatable bonds is 5. The molecule has 3 aromatic rings. The molecule has 4 rings (SSSR count). The van der Waals surface area contributed by atoms with Crippen LogP contribution in [0.5, 0.6) is 0 Å². The van der Waals surface area contributed by atoms with Gasteiger partial charge in [0.05, 0.1) is 11.0 Å². The maximum absolute atomic E-state index is 4.65. The molecule has 2 heterocycles. The third-order valence-corrected chi connectivity index (χ3v) is 4.50. The summed E-state index contributed by atoms with van der Waals surface area (Å²) in [4.78, 5) is 8.06. The zero-order valence-electron chi connectivity index (χ0n) is 13.6. The molecule has 2 atom stereocenters. The average Bonchev–Trinajstić information content (AvgIpc) is 3.25. The second-order valence-electron chi connectivity index (χ2n) is 6.34. The van der Waals surface area contributed by atoms with Crippen LogP contribution in [-0.2, 0) is 6.42 Å². The summed E-state index contributed by atoms with van der Waals surface area (Å²) in [6.45, 7) is 0. The van der Waals surface area contributed by atoms with Crippen molar-refractivity contribution in [2.24, 2.45) is 0 Å². The van der Waals surface area contributed by atoms with E-state index in [2.05, 4.69) is 69.4 Å². The molecule has 24 heavy (non-hydrogen) atoms. The number of nitrogens with zero attached hydrogens (tertiary/aromatic N) is 1. The smallest absolute Gasteiger partial charge is 0.107 e. The number of hydrazine groups is 1. The van der Waals surface area contributed by atoms with Crippen LogP contribution in [0.1, 0.15) is 24.2 Å². The standard InChI is InChI=1S/C20H22N4/c1-2-6-15(7-3-1)10-11-16-14-17(24-23-16)12-13-20-21-18-8-4-5-9-19(18)22-20/h1-11,16-17,23-24H,12-14H2,(H,21,22)/b11-10+. The molecule has 4 nitrogen and oxygen atoms in total. The van der Waals surface area contributed by atoms with E-state index in [4.69, 9.17) is 0 Å². The van der Waals surface area contributed by atoms with E-state index in [9.17, 15) is 0 Å². The van der Waals surface area contributed by atoms with Crippen molar-refractivity contribution in [1.29, 1.82) is 0 Å². The normalized spacial score (nSPS) is 21.0. The molecule has 1 aliphatic heterocycles. The number of benzene rings is 2. The molecule has 0 amide bonds. The van der Waals surface area contributed by atoms with E-state index in [0.29, 0.717) is 12.1 Å². The highest BCUT2D eigenvalue weighted by Gasteiger charge is 2.21. The second kappa shape index (κ2) is 6.99. The molecule has 1 fully saturated rings. The lowest BCUT2D eigenvalue weighted by Crippen LogP contribution is -2.32. The molecule has 0 bridgehead atoms. The fourth-order valence-electron chi connectivity index (χ4n) is 3.19. The van der Waals surface area contributed by atoms with Crippen molar-refractivity contribution < 1.29 is 0 Å². The first kappa shape index (κ1) is 15.1. The predicted molar refractivity (Wildman–Crippen MR) is 98.4 cm³/mol. The van der Waals surface area contributed by atoms with E-state index in [0.717, 1.165) is 36.1 Å². The molecular weight excluding hydrogens is 296 g/mol. The Labute approximate surface area is 142 Å². The van der Waals surface area contributed by atoms with E-state index >= 15 is 0 Å². The van der Waals surface area contributed by atoms with Gasteiger partial charge in [-0.3, -0.25) is 10.9 Å². The highest BCUT2D eigenvalue weighted by molar-refractivity contribution is 5.74. The molecular formula is C20H22N4. The van der Waals surface area contributed by atoms with Gasteiger partial charge in [0.25, 0.3) is 0 Å².